The minimum atomic E-state index is -0.439. The van der Waals surface area contributed by atoms with Crippen molar-refractivity contribution in [1.82, 2.24) is 0 Å². The predicted molar refractivity (Wildman–Crippen MR) is 65.5 cm³/mol. The molecular weight excluding hydrogens is 184 g/mol. The van der Waals surface area contributed by atoms with Gasteiger partial charge in [0, 0.05) is 0 Å². The number of hydrogen-bond acceptors (Lipinski definition) is 1. The first-order chi connectivity index (χ1) is 7.16. The molecule has 0 bridgehead atoms. The number of hydrogen-bond donors (Lipinski definition) is 1. The summed E-state index contributed by atoms with van der Waals surface area (Å²) in [5, 5.41) is 10.1. The van der Waals surface area contributed by atoms with Gasteiger partial charge in [0.2, 0.25) is 0 Å². The molecule has 0 aromatic heterocycles. The zero-order valence-corrected chi connectivity index (χ0v) is 9.35. The van der Waals surface area contributed by atoms with Gasteiger partial charge in [-0.3, -0.25) is 0 Å². The Morgan fingerprint density at radius 2 is 1.87 bits per heavy atom. The van der Waals surface area contributed by atoms with Crippen LogP contribution in [0, 0.1) is 5.92 Å². The summed E-state index contributed by atoms with van der Waals surface area (Å²) in [6.07, 6.45) is 3.15. The van der Waals surface area contributed by atoms with Crippen molar-refractivity contribution in [2.45, 2.75) is 20.0 Å². The molecule has 1 rings (SSSR count). The zero-order valence-electron chi connectivity index (χ0n) is 9.35. The summed E-state index contributed by atoms with van der Waals surface area (Å²) in [4.78, 5) is 0. The van der Waals surface area contributed by atoms with Gasteiger partial charge >= 0.3 is 0 Å². The number of aliphatic hydroxyl groups excluding tert-OH is 1. The minimum Gasteiger partial charge on any atom is -0.388 e. The Bertz CT molecular complexity index is 336. The molecule has 0 aliphatic heterocycles. The molecule has 0 radical (unpaired) electrons. The van der Waals surface area contributed by atoms with E-state index in [0.29, 0.717) is 0 Å². The fourth-order valence-electron chi connectivity index (χ4n) is 1.48. The van der Waals surface area contributed by atoms with Gasteiger partial charge in [-0.25, -0.2) is 0 Å². The molecule has 0 aliphatic rings. The zero-order chi connectivity index (χ0) is 11.3. The molecule has 1 unspecified atom stereocenters. The van der Waals surface area contributed by atoms with Crippen molar-refractivity contribution in [3.63, 3.8) is 0 Å². The molecule has 0 amide bonds. The molecule has 0 saturated heterocycles. The largest absolute Gasteiger partial charge is 0.388 e. The number of rotatable bonds is 4. The molecule has 15 heavy (non-hydrogen) atoms. The third-order valence-electron chi connectivity index (χ3n) is 2.35. The highest BCUT2D eigenvalue weighted by Crippen LogP contribution is 2.23. The summed E-state index contributed by atoms with van der Waals surface area (Å²) in [6.45, 7) is 7.69. The van der Waals surface area contributed by atoms with Gasteiger partial charge in [0.15, 0.2) is 0 Å². The van der Waals surface area contributed by atoms with Crippen molar-refractivity contribution in [3.05, 3.63) is 54.6 Å². The quantitative estimate of drug-likeness (QED) is 0.743. The van der Waals surface area contributed by atoms with Crippen LogP contribution in [-0.4, -0.2) is 11.2 Å². The van der Waals surface area contributed by atoms with Gasteiger partial charge in [0.25, 0.3) is 0 Å². The Morgan fingerprint density at radius 1 is 1.27 bits per heavy atom. The number of benzene rings is 1. The Balaban J connectivity index is 3.04. The van der Waals surface area contributed by atoms with Crippen LogP contribution in [0.1, 0.15) is 19.4 Å². The van der Waals surface area contributed by atoms with Crippen molar-refractivity contribution in [2.24, 2.45) is 5.92 Å². The van der Waals surface area contributed by atoms with Crippen LogP contribution in [0.4, 0.5) is 0 Å². The monoisotopic (exact) mass is 202 g/mol. The average Bonchev–Trinajstić information content (AvgIpc) is 2.26. The predicted octanol–water partition coefficient (Wildman–Crippen LogP) is 3.27. The fraction of sp³-hybridized carbons (Fsp3) is 0.286. The number of allylic oxidation sites excluding steroid dienone is 2. The van der Waals surface area contributed by atoms with E-state index in [2.05, 4.69) is 6.58 Å². The van der Waals surface area contributed by atoms with Crippen LogP contribution in [0.3, 0.4) is 0 Å². The van der Waals surface area contributed by atoms with E-state index >= 15 is 0 Å². The summed E-state index contributed by atoms with van der Waals surface area (Å²) in [5.74, 6) is 0.205. The third-order valence-corrected chi connectivity index (χ3v) is 2.35. The van der Waals surface area contributed by atoms with E-state index in [1.165, 1.54) is 0 Å². The van der Waals surface area contributed by atoms with E-state index in [0.717, 1.165) is 11.1 Å². The van der Waals surface area contributed by atoms with E-state index in [-0.39, 0.29) is 5.92 Å². The molecule has 0 spiro atoms. The van der Waals surface area contributed by atoms with E-state index in [4.69, 9.17) is 0 Å². The summed E-state index contributed by atoms with van der Waals surface area (Å²) < 4.78 is 0. The van der Waals surface area contributed by atoms with E-state index in [1.54, 1.807) is 6.08 Å². The topological polar surface area (TPSA) is 20.2 Å². The highest BCUT2D eigenvalue weighted by atomic mass is 16.3. The summed E-state index contributed by atoms with van der Waals surface area (Å²) in [6, 6.07) is 9.91. The Hall–Kier alpha value is -1.34. The maximum atomic E-state index is 10.1. The Morgan fingerprint density at radius 3 is 2.33 bits per heavy atom. The molecule has 1 heteroatoms. The molecule has 1 aromatic rings. The van der Waals surface area contributed by atoms with Crippen molar-refractivity contribution < 1.29 is 5.11 Å². The molecule has 80 valence electrons. The highest BCUT2D eigenvalue weighted by Gasteiger charge is 2.15. The Kier molecular flexibility index (Phi) is 4.32. The van der Waals surface area contributed by atoms with Crippen LogP contribution < -0.4 is 0 Å². The third kappa shape index (κ3) is 3.07. The SMILES string of the molecule is C=C/C=C(\c1ccccc1)C(O)C(C)C. The van der Waals surface area contributed by atoms with Crippen LogP contribution in [0.2, 0.25) is 0 Å². The maximum absolute atomic E-state index is 10.1. The van der Waals surface area contributed by atoms with E-state index in [1.807, 2.05) is 50.3 Å². The van der Waals surface area contributed by atoms with Crippen molar-refractivity contribution in [3.8, 4) is 0 Å². The van der Waals surface area contributed by atoms with Gasteiger partial charge in [0.1, 0.15) is 0 Å². The van der Waals surface area contributed by atoms with Crippen LogP contribution >= 0.6 is 0 Å². The molecule has 0 heterocycles. The molecular formula is C14H18O. The van der Waals surface area contributed by atoms with Gasteiger partial charge in [-0.15, -0.1) is 0 Å². The summed E-state index contributed by atoms with van der Waals surface area (Å²) >= 11 is 0. The van der Waals surface area contributed by atoms with Crippen LogP contribution in [0.25, 0.3) is 5.57 Å². The second kappa shape index (κ2) is 5.52. The van der Waals surface area contributed by atoms with Crippen molar-refractivity contribution >= 4 is 5.57 Å². The first-order valence-corrected chi connectivity index (χ1v) is 5.23. The lowest BCUT2D eigenvalue weighted by molar-refractivity contribution is 0.181. The number of aliphatic hydroxyl groups is 1. The van der Waals surface area contributed by atoms with Crippen molar-refractivity contribution in [2.75, 3.05) is 0 Å². The molecule has 1 atom stereocenters. The van der Waals surface area contributed by atoms with Gasteiger partial charge in [0.05, 0.1) is 6.10 Å². The van der Waals surface area contributed by atoms with Gasteiger partial charge in [-0.1, -0.05) is 62.9 Å². The maximum Gasteiger partial charge on any atom is 0.0818 e. The molecule has 1 N–H and O–H groups in total. The second-order valence-corrected chi connectivity index (χ2v) is 3.91. The molecule has 0 saturated carbocycles. The standard InChI is InChI=1S/C14H18O/c1-4-8-13(14(15)11(2)3)12-9-6-5-7-10-12/h4-11,14-15H,1H2,2-3H3/b13-8+. The lowest BCUT2D eigenvalue weighted by Gasteiger charge is -2.18. The van der Waals surface area contributed by atoms with E-state index < -0.39 is 6.10 Å². The molecule has 1 aromatic carbocycles. The summed E-state index contributed by atoms with van der Waals surface area (Å²) in [5.41, 5.74) is 1.99. The van der Waals surface area contributed by atoms with E-state index in [9.17, 15) is 5.11 Å². The van der Waals surface area contributed by atoms with Crippen molar-refractivity contribution in [1.29, 1.82) is 0 Å². The minimum absolute atomic E-state index is 0.205. The van der Waals surface area contributed by atoms with Crippen LogP contribution in [0.15, 0.2) is 49.1 Å². The summed E-state index contributed by atoms with van der Waals surface area (Å²) in [7, 11) is 0. The van der Waals surface area contributed by atoms with Gasteiger partial charge in [-0.05, 0) is 17.1 Å². The molecule has 0 aliphatic carbocycles. The first-order valence-electron chi connectivity index (χ1n) is 5.23. The Labute approximate surface area is 91.8 Å². The van der Waals surface area contributed by atoms with Crippen LogP contribution in [0.5, 0.6) is 0 Å². The smallest absolute Gasteiger partial charge is 0.0818 e. The van der Waals surface area contributed by atoms with Crippen LogP contribution in [-0.2, 0) is 0 Å². The normalized spacial score (nSPS) is 14.0. The second-order valence-electron chi connectivity index (χ2n) is 3.91. The lowest BCUT2D eigenvalue weighted by Crippen LogP contribution is -2.16. The lowest BCUT2D eigenvalue weighted by atomic mass is 9.93. The van der Waals surface area contributed by atoms with Gasteiger partial charge < -0.3 is 5.11 Å². The van der Waals surface area contributed by atoms with Gasteiger partial charge in [-0.2, -0.15) is 0 Å². The average molecular weight is 202 g/mol. The fourth-order valence-corrected chi connectivity index (χ4v) is 1.48. The molecule has 0 fully saturated rings. The highest BCUT2D eigenvalue weighted by molar-refractivity contribution is 5.70. The first kappa shape index (κ1) is 11.7. The molecule has 1 nitrogen and oxygen atoms in total.